The third-order valence-corrected chi connectivity index (χ3v) is 1.26. The van der Waals surface area contributed by atoms with Gasteiger partial charge in [-0.15, -0.1) is 0 Å². The Hall–Kier alpha value is -0.870. The number of hydrogen-bond acceptors (Lipinski definition) is 4. The van der Waals surface area contributed by atoms with Crippen molar-refractivity contribution < 1.29 is 9.53 Å². The summed E-state index contributed by atoms with van der Waals surface area (Å²) in [6, 6.07) is 1.30. The van der Waals surface area contributed by atoms with Crippen molar-refractivity contribution in [1.29, 1.82) is 0 Å². The molecule has 0 atom stereocenters. The summed E-state index contributed by atoms with van der Waals surface area (Å²) in [4.78, 5) is 17.6. The molecule has 0 aromatic carbocycles. The van der Waals surface area contributed by atoms with Crippen LogP contribution in [0.25, 0.3) is 0 Å². The number of carbonyl (C=O) groups excluding carboxylic acids is 1. The molecule has 12 heavy (non-hydrogen) atoms. The Labute approximate surface area is 78.5 Å². The maximum Gasteiger partial charge on any atom is 0.309 e. The second kappa shape index (κ2) is 3.69. The van der Waals surface area contributed by atoms with Gasteiger partial charge >= 0.3 is 5.97 Å². The highest BCUT2D eigenvalue weighted by molar-refractivity contribution is 6.31. The van der Waals surface area contributed by atoms with Gasteiger partial charge in [-0.1, -0.05) is 11.6 Å². The van der Waals surface area contributed by atoms with E-state index in [9.17, 15) is 4.79 Å². The molecule has 0 spiro atoms. The number of rotatable bonds is 1. The van der Waals surface area contributed by atoms with Crippen LogP contribution in [0.5, 0.6) is 5.88 Å². The highest BCUT2D eigenvalue weighted by Crippen LogP contribution is 2.15. The first-order valence-electron chi connectivity index (χ1n) is 2.96. The van der Waals surface area contributed by atoms with Gasteiger partial charge in [-0.05, 0) is 11.6 Å². The quantitative estimate of drug-likeness (QED) is 0.399. The zero-order valence-corrected chi connectivity index (χ0v) is 7.56. The van der Waals surface area contributed by atoms with Crippen molar-refractivity contribution in [1.82, 2.24) is 9.97 Å². The highest BCUT2D eigenvalue weighted by atomic mass is 35.5. The molecular weight excluding hydrogens is 203 g/mol. The van der Waals surface area contributed by atoms with Crippen LogP contribution in [0.4, 0.5) is 0 Å². The lowest BCUT2D eigenvalue weighted by Gasteiger charge is -1.99. The van der Waals surface area contributed by atoms with E-state index in [-0.39, 0.29) is 16.3 Å². The number of esters is 1. The largest absolute Gasteiger partial charge is 0.407 e. The Kier molecular flexibility index (Phi) is 2.83. The summed E-state index contributed by atoms with van der Waals surface area (Å²) in [7, 11) is 0. The molecule has 0 fully saturated rings. The van der Waals surface area contributed by atoms with Gasteiger partial charge in [-0.25, -0.2) is 4.98 Å². The Morgan fingerprint density at radius 2 is 2.17 bits per heavy atom. The molecule has 4 nitrogen and oxygen atoms in total. The van der Waals surface area contributed by atoms with Crippen LogP contribution >= 0.6 is 23.2 Å². The van der Waals surface area contributed by atoms with Crippen molar-refractivity contribution in [2.24, 2.45) is 0 Å². The van der Waals surface area contributed by atoms with E-state index >= 15 is 0 Å². The Morgan fingerprint density at radius 1 is 1.50 bits per heavy atom. The molecule has 0 N–H and O–H groups in total. The van der Waals surface area contributed by atoms with E-state index in [1.807, 2.05) is 0 Å². The Bertz CT molecular complexity index is 296. The molecule has 0 aliphatic rings. The summed E-state index contributed by atoms with van der Waals surface area (Å²) in [6.07, 6.45) is 0. The van der Waals surface area contributed by atoms with E-state index < -0.39 is 5.97 Å². The topological polar surface area (TPSA) is 52.1 Å². The van der Waals surface area contributed by atoms with Crippen LogP contribution in [0.3, 0.4) is 0 Å². The summed E-state index contributed by atoms with van der Waals surface area (Å²) in [5.41, 5.74) is 0. The number of nitrogens with zero attached hydrogens (tertiary/aromatic N) is 2. The SMILES string of the molecule is CC(=O)Oc1cc(Cl)nc(Cl)n1. The zero-order chi connectivity index (χ0) is 9.14. The summed E-state index contributed by atoms with van der Waals surface area (Å²) >= 11 is 10.9. The van der Waals surface area contributed by atoms with E-state index in [1.165, 1.54) is 13.0 Å². The van der Waals surface area contributed by atoms with Crippen molar-refractivity contribution in [3.8, 4) is 5.88 Å². The summed E-state index contributed by atoms with van der Waals surface area (Å²) < 4.78 is 4.62. The first kappa shape index (κ1) is 9.22. The predicted molar refractivity (Wildman–Crippen MR) is 43.4 cm³/mol. The van der Waals surface area contributed by atoms with Gasteiger partial charge in [0.25, 0.3) is 0 Å². The minimum absolute atomic E-state index is 0.0486. The second-order valence-electron chi connectivity index (χ2n) is 1.89. The Morgan fingerprint density at radius 3 is 2.67 bits per heavy atom. The molecule has 1 heterocycles. The highest BCUT2D eigenvalue weighted by Gasteiger charge is 2.03. The molecule has 6 heteroatoms. The molecule has 0 radical (unpaired) electrons. The maximum atomic E-state index is 10.5. The fourth-order valence-corrected chi connectivity index (χ4v) is 0.961. The van der Waals surface area contributed by atoms with Gasteiger partial charge in [0.05, 0.1) is 0 Å². The predicted octanol–water partition coefficient (Wildman–Crippen LogP) is 1.71. The van der Waals surface area contributed by atoms with Crippen LogP contribution in [0.1, 0.15) is 6.92 Å². The van der Waals surface area contributed by atoms with Crippen molar-refractivity contribution in [3.05, 3.63) is 16.5 Å². The van der Waals surface area contributed by atoms with Crippen LogP contribution < -0.4 is 4.74 Å². The number of ether oxygens (including phenoxy) is 1. The van der Waals surface area contributed by atoms with E-state index in [0.717, 1.165) is 0 Å². The average Bonchev–Trinajstić information content (AvgIpc) is 1.81. The van der Waals surface area contributed by atoms with Crippen molar-refractivity contribution in [2.45, 2.75) is 6.92 Å². The summed E-state index contributed by atoms with van der Waals surface area (Å²) in [5, 5.41) is 0.0741. The minimum Gasteiger partial charge on any atom is -0.407 e. The fraction of sp³-hybridized carbons (Fsp3) is 0.167. The fourth-order valence-electron chi connectivity index (χ4n) is 0.570. The zero-order valence-electron chi connectivity index (χ0n) is 6.04. The van der Waals surface area contributed by atoms with Crippen LogP contribution in [0, 0.1) is 0 Å². The smallest absolute Gasteiger partial charge is 0.309 e. The standard InChI is InChI=1S/C6H4Cl2N2O2/c1-3(11)12-5-2-4(7)9-6(8)10-5/h2H,1H3. The molecule has 0 aliphatic heterocycles. The molecule has 64 valence electrons. The lowest BCUT2D eigenvalue weighted by atomic mass is 10.6. The number of aromatic nitrogens is 2. The third kappa shape index (κ3) is 2.64. The van der Waals surface area contributed by atoms with Gasteiger partial charge in [0, 0.05) is 13.0 Å². The maximum absolute atomic E-state index is 10.5. The van der Waals surface area contributed by atoms with Crippen molar-refractivity contribution in [3.63, 3.8) is 0 Å². The molecule has 1 aromatic rings. The van der Waals surface area contributed by atoms with E-state index in [1.54, 1.807) is 0 Å². The molecule has 0 unspecified atom stereocenters. The molecular formula is C6H4Cl2N2O2. The summed E-state index contributed by atoms with van der Waals surface area (Å²) in [6.45, 7) is 1.25. The van der Waals surface area contributed by atoms with Gasteiger partial charge in [-0.2, -0.15) is 4.98 Å². The normalized spacial score (nSPS) is 9.58. The molecule has 0 saturated carbocycles. The number of halogens is 2. The van der Waals surface area contributed by atoms with Crippen molar-refractivity contribution >= 4 is 29.2 Å². The van der Waals surface area contributed by atoms with Gasteiger partial charge < -0.3 is 4.74 Å². The Balaban J connectivity index is 2.93. The van der Waals surface area contributed by atoms with Crippen LogP contribution in [-0.4, -0.2) is 15.9 Å². The molecule has 0 amide bonds. The van der Waals surface area contributed by atoms with Crippen molar-refractivity contribution in [2.75, 3.05) is 0 Å². The monoisotopic (exact) mass is 206 g/mol. The first-order valence-corrected chi connectivity index (χ1v) is 3.72. The van der Waals surface area contributed by atoms with E-state index in [4.69, 9.17) is 23.2 Å². The lowest BCUT2D eigenvalue weighted by Crippen LogP contribution is -2.03. The van der Waals surface area contributed by atoms with Crippen LogP contribution in [0.15, 0.2) is 6.07 Å². The lowest BCUT2D eigenvalue weighted by molar-refractivity contribution is -0.132. The third-order valence-electron chi connectivity index (χ3n) is 0.892. The molecule has 1 rings (SSSR count). The minimum atomic E-state index is -0.485. The van der Waals surface area contributed by atoms with Crippen LogP contribution in [0.2, 0.25) is 10.4 Å². The second-order valence-corrected chi connectivity index (χ2v) is 2.62. The van der Waals surface area contributed by atoms with Crippen LogP contribution in [-0.2, 0) is 4.79 Å². The number of hydrogen-bond donors (Lipinski definition) is 0. The van der Waals surface area contributed by atoms with Gasteiger partial charge in [0.2, 0.25) is 11.2 Å². The summed E-state index contributed by atoms with van der Waals surface area (Å²) in [5.74, 6) is -0.437. The number of carbonyl (C=O) groups is 1. The molecule has 0 saturated heterocycles. The average molecular weight is 207 g/mol. The van der Waals surface area contributed by atoms with E-state index in [2.05, 4.69) is 14.7 Å². The van der Waals surface area contributed by atoms with E-state index in [0.29, 0.717) is 0 Å². The molecule has 1 aromatic heterocycles. The molecule has 0 aliphatic carbocycles. The van der Waals surface area contributed by atoms with Gasteiger partial charge in [0.15, 0.2) is 0 Å². The van der Waals surface area contributed by atoms with Gasteiger partial charge in [0.1, 0.15) is 5.15 Å². The van der Waals surface area contributed by atoms with Gasteiger partial charge in [-0.3, -0.25) is 4.79 Å². The molecule has 0 bridgehead atoms. The first-order chi connectivity index (χ1) is 5.58.